The maximum absolute atomic E-state index is 11.4. The van der Waals surface area contributed by atoms with E-state index in [9.17, 15) is 9.90 Å². The van der Waals surface area contributed by atoms with Gasteiger partial charge in [-0.05, 0) is 33.6 Å². The number of ether oxygens (including phenoxy) is 1. The normalized spacial score (nSPS) is 30.8. The van der Waals surface area contributed by atoms with Crippen LogP contribution in [0.25, 0.3) is 0 Å². The van der Waals surface area contributed by atoms with E-state index in [0.29, 0.717) is 18.6 Å². The molecule has 1 rings (SSSR count). The van der Waals surface area contributed by atoms with E-state index in [2.05, 4.69) is 23.5 Å². The molecule has 1 aliphatic heterocycles. The second kappa shape index (κ2) is 5.15. The lowest BCUT2D eigenvalue weighted by Crippen LogP contribution is -2.54. The summed E-state index contributed by atoms with van der Waals surface area (Å²) in [6, 6.07) is 0.833. The standard InChI is InChI=1S/C12H23NO3/c1-9-6-5-7-10(2)13(9)8-12(3,15)11(14)16-4/h9-10,15H,5-8H2,1-4H3/t9-,10+,12?. The first kappa shape index (κ1) is 13.5. The molecule has 0 aliphatic carbocycles. The van der Waals surface area contributed by atoms with Crippen molar-refractivity contribution in [3.8, 4) is 0 Å². The van der Waals surface area contributed by atoms with Crippen LogP contribution in [0.1, 0.15) is 40.0 Å². The minimum Gasteiger partial charge on any atom is -0.467 e. The number of hydrogen-bond donors (Lipinski definition) is 1. The number of carbonyl (C=O) groups excluding carboxylic acids is 1. The lowest BCUT2D eigenvalue weighted by molar-refractivity contribution is -0.163. The van der Waals surface area contributed by atoms with Crippen LogP contribution in [-0.4, -0.2) is 47.3 Å². The van der Waals surface area contributed by atoms with Crippen molar-refractivity contribution in [2.45, 2.75) is 57.7 Å². The lowest BCUT2D eigenvalue weighted by atomic mass is 9.94. The molecule has 1 aliphatic rings. The molecule has 0 radical (unpaired) electrons. The Morgan fingerprint density at radius 2 is 1.94 bits per heavy atom. The van der Waals surface area contributed by atoms with E-state index in [1.807, 2.05) is 0 Å². The van der Waals surface area contributed by atoms with E-state index in [1.54, 1.807) is 0 Å². The first-order chi connectivity index (χ1) is 7.38. The molecule has 0 spiro atoms. The number of piperidine rings is 1. The molecule has 0 aromatic carbocycles. The molecule has 1 heterocycles. The fraction of sp³-hybridized carbons (Fsp3) is 0.917. The van der Waals surface area contributed by atoms with Crippen molar-refractivity contribution in [2.24, 2.45) is 0 Å². The second-order valence-electron chi connectivity index (χ2n) is 5.07. The van der Waals surface area contributed by atoms with Crippen molar-refractivity contribution in [1.29, 1.82) is 0 Å². The highest BCUT2D eigenvalue weighted by atomic mass is 16.5. The lowest BCUT2D eigenvalue weighted by Gasteiger charge is -2.41. The van der Waals surface area contributed by atoms with Gasteiger partial charge in [0.25, 0.3) is 0 Å². The first-order valence-electron chi connectivity index (χ1n) is 5.95. The summed E-state index contributed by atoms with van der Waals surface area (Å²) in [5.74, 6) is -0.558. The van der Waals surface area contributed by atoms with Gasteiger partial charge in [-0.3, -0.25) is 4.90 Å². The molecule has 1 N–H and O–H groups in total. The molecule has 4 heteroatoms. The molecule has 0 saturated carbocycles. The van der Waals surface area contributed by atoms with Crippen LogP contribution in [0.4, 0.5) is 0 Å². The van der Waals surface area contributed by atoms with Gasteiger partial charge in [-0.15, -0.1) is 0 Å². The molecule has 4 nitrogen and oxygen atoms in total. The van der Waals surface area contributed by atoms with Crippen molar-refractivity contribution in [1.82, 2.24) is 4.90 Å². The van der Waals surface area contributed by atoms with Gasteiger partial charge in [0.2, 0.25) is 0 Å². The number of carbonyl (C=O) groups is 1. The molecular weight excluding hydrogens is 206 g/mol. The molecule has 3 atom stereocenters. The minimum atomic E-state index is -1.41. The number of rotatable bonds is 3. The molecule has 16 heavy (non-hydrogen) atoms. The largest absolute Gasteiger partial charge is 0.467 e. The van der Waals surface area contributed by atoms with Crippen LogP contribution in [-0.2, 0) is 9.53 Å². The number of likely N-dealkylation sites (tertiary alicyclic amines) is 1. The van der Waals surface area contributed by atoms with E-state index in [0.717, 1.165) is 12.8 Å². The monoisotopic (exact) mass is 229 g/mol. The Bertz CT molecular complexity index is 243. The SMILES string of the molecule is COC(=O)C(C)(O)CN1[C@H](C)CCC[C@@H]1C. The van der Waals surface area contributed by atoms with Gasteiger partial charge in [0.1, 0.15) is 0 Å². The van der Waals surface area contributed by atoms with Gasteiger partial charge in [-0.1, -0.05) is 6.42 Å². The fourth-order valence-electron chi connectivity index (χ4n) is 2.43. The molecule has 1 saturated heterocycles. The molecule has 0 bridgehead atoms. The van der Waals surface area contributed by atoms with Crippen LogP contribution in [0.3, 0.4) is 0 Å². The predicted octanol–water partition coefficient (Wildman–Crippen LogP) is 1.17. The Kier molecular flexibility index (Phi) is 4.33. The first-order valence-corrected chi connectivity index (χ1v) is 5.95. The number of nitrogens with zero attached hydrogens (tertiary/aromatic N) is 1. The van der Waals surface area contributed by atoms with Crippen LogP contribution in [0, 0.1) is 0 Å². The summed E-state index contributed by atoms with van der Waals surface area (Å²) in [4.78, 5) is 13.6. The maximum atomic E-state index is 11.4. The Hall–Kier alpha value is -0.610. The van der Waals surface area contributed by atoms with Crippen molar-refractivity contribution >= 4 is 5.97 Å². The fourth-order valence-corrected chi connectivity index (χ4v) is 2.43. The number of hydrogen-bond acceptors (Lipinski definition) is 4. The summed E-state index contributed by atoms with van der Waals surface area (Å²) in [6.45, 7) is 6.15. The van der Waals surface area contributed by atoms with Crippen molar-refractivity contribution in [3.63, 3.8) is 0 Å². The van der Waals surface area contributed by atoms with Crippen LogP contribution in [0.5, 0.6) is 0 Å². The van der Waals surface area contributed by atoms with Gasteiger partial charge in [-0.25, -0.2) is 4.79 Å². The summed E-state index contributed by atoms with van der Waals surface area (Å²) >= 11 is 0. The number of aliphatic hydroxyl groups is 1. The minimum absolute atomic E-state index is 0.349. The molecule has 94 valence electrons. The van der Waals surface area contributed by atoms with E-state index in [1.165, 1.54) is 20.5 Å². The Morgan fingerprint density at radius 3 is 2.38 bits per heavy atom. The summed E-state index contributed by atoms with van der Waals surface area (Å²) in [5.41, 5.74) is -1.41. The third kappa shape index (κ3) is 2.95. The number of methoxy groups -OCH3 is 1. The second-order valence-corrected chi connectivity index (χ2v) is 5.07. The highest BCUT2D eigenvalue weighted by molar-refractivity contribution is 5.78. The Balaban J connectivity index is 2.67. The van der Waals surface area contributed by atoms with Crippen molar-refractivity contribution in [2.75, 3.05) is 13.7 Å². The zero-order valence-electron chi connectivity index (χ0n) is 10.7. The molecule has 1 fully saturated rings. The molecule has 0 aromatic heterocycles. The predicted molar refractivity (Wildman–Crippen MR) is 62.1 cm³/mol. The Labute approximate surface area is 97.6 Å². The molecule has 1 unspecified atom stereocenters. The van der Waals surface area contributed by atoms with Gasteiger partial charge >= 0.3 is 5.97 Å². The highest BCUT2D eigenvalue weighted by Gasteiger charge is 2.37. The summed E-state index contributed by atoms with van der Waals surface area (Å²) < 4.78 is 4.61. The van der Waals surface area contributed by atoms with E-state index < -0.39 is 11.6 Å². The van der Waals surface area contributed by atoms with Crippen LogP contribution >= 0.6 is 0 Å². The van der Waals surface area contributed by atoms with Crippen LogP contribution in [0.15, 0.2) is 0 Å². The quantitative estimate of drug-likeness (QED) is 0.738. The zero-order chi connectivity index (χ0) is 12.3. The maximum Gasteiger partial charge on any atom is 0.338 e. The summed E-state index contributed by atoms with van der Waals surface area (Å²) in [5, 5.41) is 10.1. The van der Waals surface area contributed by atoms with Crippen LogP contribution in [0.2, 0.25) is 0 Å². The van der Waals surface area contributed by atoms with Gasteiger partial charge in [0.15, 0.2) is 5.60 Å². The van der Waals surface area contributed by atoms with Gasteiger partial charge in [0, 0.05) is 18.6 Å². The van der Waals surface area contributed by atoms with E-state index in [-0.39, 0.29) is 0 Å². The van der Waals surface area contributed by atoms with Crippen LogP contribution < -0.4 is 0 Å². The van der Waals surface area contributed by atoms with Gasteiger partial charge in [-0.2, -0.15) is 0 Å². The highest BCUT2D eigenvalue weighted by Crippen LogP contribution is 2.24. The van der Waals surface area contributed by atoms with E-state index >= 15 is 0 Å². The third-order valence-corrected chi connectivity index (χ3v) is 3.49. The number of esters is 1. The summed E-state index contributed by atoms with van der Waals surface area (Å²) in [7, 11) is 1.31. The van der Waals surface area contributed by atoms with Crippen molar-refractivity contribution in [3.05, 3.63) is 0 Å². The topological polar surface area (TPSA) is 49.8 Å². The molecular formula is C12H23NO3. The third-order valence-electron chi connectivity index (χ3n) is 3.49. The average molecular weight is 229 g/mol. The van der Waals surface area contributed by atoms with E-state index in [4.69, 9.17) is 0 Å². The summed E-state index contributed by atoms with van der Waals surface area (Å²) in [6.07, 6.45) is 3.47. The zero-order valence-corrected chi connectivity index (χ0v) is 10.7. The molecule has 0 amide bonds. The molecule has 0 aromatic rings. The smallest absolute Gasteiger partial charge is 0.338 e. The Morgan fingerprint density at radius 1 is 1.44 bits per heavy atom. The van der Waals surface area contributed by atoms with Gasteiger partial charge in [0.05, 0.1) is 7.11 Å². The van der Waals surface area contributed by atoms with Crippen molar-refractivity contribution < 1.29 is 14.6 Å². The number of β-amino-alcohol motifs (C(OH)–C–C–N with tert-alkyl or cyclic N) is 1. The van der Waals surface area contributed by atoms with Gasteiger partial charge < -0.3 is 9.84 Å². The average Bonchev–Trinajstić information content (AvgIpc) is 2.22.